The summed E-state index contributed by atoms with van der Waals surface area (Å²) in [5.74, 6) is 1.28. The number of methoxy groups -OCH3 is 1. The van der Waals surface area contributed by atoms with Gasteiger partial charge in [-0.25, -0.2) is 0 Å². The number of amides is 1. The lowest BCUT2D eigenvalue weighted by molar-refractivity contribution is -0.115. The number of para-hydroxylation sites is 1. The third-order valence-corrected chi connectivity index (χ3v) is 7.00. The van der Waals surface area contributed by atoms with Crippen molar-refractivity contribution >= 4 is 23.4 Å². The van der Waals surface area contributed by atoms with Crippen LogP contribution in [0.1, 0.15) is 36.1 Å². The molecule has 5 nitrogen and oxygen atoms in total. The average Bonchev–Trinajstić information content (AvgIpc) is 2.99. The average molecular weight is 455 g/mol. The maximum atomic E-state index is 13.3. The van der Waals surface area contributed by atoms with E-state index in [-0.39, 0.29) is 12.5 Å². The van der Waals surface area contributed by atoms with E-state index >= 15 is 0 Å². The molecule has 1 N–H and O–H groups in total. The van der Waals surface area contributed by atoms with Crippen molar-refractivity contribution in [3.63, 3.8) is 0 Å². The molecule has 1 spiro atoms. The number of carbonyl (C=O) groups is 1. The van der Waals surface area contributed by atoms with Crippen LogP contribution < -0.4 is 19.7 Å². The van der Waals surface area contributed by atoms with Gasteiger partial charge in [0, 0.05) is 16.9 Å². The number of aryl methyl sites for hydroxylation is 2. The number of hydrogen-bond acceptors (Lipinski definition) is 4. The molecule has 0 bridgehead atoms. The maximum Gasteiger partial charge on any atom is 0.244 e. The number of rotatable bonds is 4. The van der Waals surface area contributed by atoms with E-state index in [0.29, 0.717) is 11.5 Å². The molecule has 2 aliphatic heterocycles. The van der Waals surface area contributed by atoms with Crippen LogP contribution in [0.4, 0.5) is 11.4 Å². The summed E-state index contributed by atoms with van der Waals surface area (Å²) in [6, 6.07) is 20.1. The number of hydrogen-bond donors (Lipinski definition) is 1. The van der Waals surface area contributed by atoms with Crippen LogP contribution in [0.15, 0.2) is 66.7 Å². The van der Waals surface area contributed by atoms with Gasteiger partial charge < -0.3 is 19.7 Å². The minimum Gasteiger partial charge on any atom is -0.493 e. The van der Waals surface area contributed by atoms with Crippen LogP contribution in [0.3, 0.4) is 0 Å². The van der Waals surface area contributed by atoms with Gasteiger partial charge >= 0.3 is 0 Å². The van der Waals surface area contributed by atoms with E-state index in [0.717, 1.165) is 33.6 Å². The third kappa shape index (κ3) is 3.35. The molecule has 1 atom stereocenters. The minimum atomic E-state index is -0.892. The standard InChI is InChI=1S/C29H30N2O3/c1-19-10-12-22(13-11-19)30-26(32)18-31-24-9-7-6-8-23(24)28(3,4)29(31)15-14-21-16-20(2)17-25(33-5)27(21)34-29/h6-17H,18H2,1-5H3,(H,30,32). The van der Waals surface area contributed by atoms with Crippen LogP contribution in [-0.2, 0) is 10.2 Å². The van der Waals surface area contributed by atoms with Gasteiger partial charge in [-0.3, -0.25) is 4.79 Å². The SMILES string of the molecule is COc1cc(C)cc2c1OC1(C=C2)N(CC(=O)Nc2ccc(C)cc2)c2ccccc2C1(C)C. The first-order chi connectivity index (χ1) is 16.2. The summed E-state index contributed by atoms with van der Waals surface area (Å²) in [5.41, 5.74) is 4.80. The van der Waals surface area contributed by atoms with Gasteiger partial charge in [-0.05, 0) is 81.3 Å². The molecular weight excluding hydrogens is 424 g/mol. The molecule has 174 valence electrons. The predicted molar refractivity (Wildman–Crippen MR) is 137 cm³/mol. The molecule has 2 aliphatic rings. The molecule has 1 unspecified atom stereocenters. The van der Waals surface area contributed by atoms with Crippen molar-refractivity contribution < 1.29 is 14.3 Å². The summed E-state index contributed by atoms with van der Waals surface area (Å²) in [6.07, 6.45) is 4.18. The number of benzene rings is 3. The second-order valence-electron chi connectivity index (χ2n) is 9.66. The van der Waals surface area contributed by atoms with E-state index in [9.17, 15) is 4.79 Å². The van der Waals surface area contributed by atoms with E-state index in [1.54, 1.807) is 7.11 Å². The Kier molecular flexibility index (Phi) is 5.16. The van der Waals surface area contributed by atoms with Gasteiger partial charge in [0.15, 0.2) is 11.5 Å². The lowest BCUT2D eigenvalue weighted by Crippen LogP contribution is -2.61. The van der Waals surface area contributed by atoms with Crippen molar-refractivity contribution in [2.45, 2.75) is 38.8 Å². The van der Waals surface area contributed by atoms with E-state index in [1.807, 2.05) is 56.3 Å². The van der Waals surface area contributed by atoms with Crippen LogP contribution in [0.25, 0.3) is 6.08 Å². The highest BCUT2D eigenvalue weighted by Gasteiger charge is 2.59. The summed E-state index contributed by atoms with van der Waals surface area (Å²) in [5, 5.41) is 3.04. The molecule has 34 heavy (non-hydrogen) atoms. The molecular formula is C29H30N2O3. The summed E-state index contributed by atoms with van der Waals surface area (Å²) in [4.78, 5) is 15.3. The number of ether oxygens (including phenoxy) is 2. The molecule has 0 aliphatic carbocycles. The second-order valence-corrected chi connectivity index (χ2v) is 9.66. The van der Waals surface area contributed by atoms with Crippen LogP contribution in [0.5, 0.6) is 11.5 Å². The van der Waals surface area contributed by atoms with Crippen LogP contribution in [0, 0.1) is 13.8 Å². The zero-order chi connectivity index (χ0) is 24.1. The van der Waals surface area contributed by atoms with Gasteiger partial charge in [-0.2, -0.15) is 0 Å². The van der Waals surface area contributed by atoms with Gasteiger partial charge in [-0.1, -0.05) is 35.9 Å². The van der Waals surface area contributed by atoms with Crippen molar-refractivity contribution in [1.82, 2.24) is 0 Å². The lowest BCUT2D eigenvalue weighted by Gasteiger charge is -2.47. The van der Waals surface area contributed by atoms with Crippen molar-refractivity contribution in [3.05, 3.63) is 89.0 Å². The number of anilines is 2. The Morgan fingerprint density at radius 1 is 1.03 bits per heavy atom. The van der Waals surface area contributed by atoms with Crippen LogP contribution in [-0.4, -0.2) is 25.3 Å². The van der Waals surface area contributed by atoms with E-state index in [4.69, 9.17) is 9.47 Å². The van der Waals surface area contributed by atoms with Crippen LogP contribution in [0.2, 0.25) is 0 Å². The molecule has 0 saturated heterocycles. The van der Waals surface area contributed by atoms with E-state index in [2.05, 4.69) is 54.4 Å². The topological polar surface area (TPSA) is 50.8 Å². The second kappa shape index (κ2) is 7.94. The summed E-state index contributed by atoms with van der Waals surface area (Å²) in [7, 11) is 1.66. The maximum absolute atomic E-state index is 13.3. The van der Waals surface area contributed by atoms with Crippen molar-refractivity contribution in [1.29, 1.82) is 0 Å². The number of carbonyl (C=O) groups excluding carboxylic acids is 1. The summed E-state index contributed by atoms with van der Waals surface area (Å²) >= 11 is 0. The Balaban J connectivity index is 1.57. The highest BCUT2D eigenvalue weighted by molar-refractivity contribution is 5.95. The largest absolute Gasteiger partial charge is 0.493 e. The molecule has 0 radical (unpaired) electrons. The zero-order valence-corrected chi connectivity index (χ0v) is 20.3. The summed E-state index contributed by atoms with van der Waals surface area (Å²) in [6.45, 7) is 8.54. The van der Waals surface area contributed by atoms with Gasteiger partial charge in [0.2, 0.25) is 11.6 Å². The molecule has 0 saturated carbocycles. The molecule has 1 amide bonds. The molecule has 0 fully saturated rings. The highest BCUT2D eigenvalue weighted by atomic mass is 16.5. The van der Waals surface area contributed by atoms with E-state index < -0.39 is 11.1 Å². The Labute approximate surface area is 201 Å². The Bertz CT molecular complexity index is 1290. The fraction of sp³-hybridized carbons (Fsp3) is 0.276. The Morgan fingerprint density at radius 3 is 2.50 bits per heavy atom. The lowest BCUT2D eigenvalue weighted by atomic mass is 9.76. The molecule has 5 rings (SSSR count). The first-order valence-electron chi connectivity index (χ1n) is 11.6. The zero-order valence-electron chi connectivity index (χ0n) is 20.3. The van der Waals surface area contributed by atoms with Crippen LogP contribution >= 0.6 is 0 Å². The van der Waals surface area contributed by atoms with Gasteiger partial charge in [0.1, 0.15) is 6.54 Å². The smallest absolute Gasteiger partial charge is 0.244 e. The monoisotopic (exact) mass is 454 g/mol. The molecule has 2 heterocycles. The predicted octanol–water partition coefficient (Wildman–Crippen LogP) is 5.85. The number of nitrogens with one attached hydrogen (secondary N) is 1. The fourth-order valence-corrected chi connectivity index (χ4v) is 5.16. The molecule has 0 aromatic heterocycles. The van der Waals surface area contributed by atoms with Crippen molar-refractivity contribution in [3.8, 4) is 11.5 Å². The van der Waals surface area contributed by atoms with Gasteiger partial charge in [0.05, 0.1) is 12.5 Å². The molecule has 3 aromatic carbocycles. The fourth-order valence-electron chi connectivity index (χ4n) is 5.16. The minimum absolute atomic E-state index is 0.102. The van der Waals surface area contributed by atoms with Gasteiger partial charge in [0.25, 0.3) is 0 Å². The van der Waals surface area contributed by atoms with Crippen molar-refractivity contribution in [2.24, 2.45) is 0 Å². The summed E-state index contributed by atoms with van der Waals surface area (Å²) < 4.78 is 12.6. The molecule has 5 heteroatoms. The van der Waals surface area contributed by atoms with Gasteiger partial charge in [-0.15, -0.1) is 0 Å². The first-order valence-corrected chi connectivity index (χ1v) is 11.6. The third-order valence-electron chi connectivity index (χ3n) is 7.00. The highest BCUT2D eigenvalue weighted by Crippen LogP contribution is 2.56. The van der Waals surface area contributed by atoms with E-state index in [1.165, 1.54) is 0 Å². The molecule has 3 aromatic rings. The van der Waals surface area contributed by atoms with Crippen molar-refractivity contribution in [2.75, 3.05) is 23.9 Å². The Morgan fingerprint density at radius 2 is 1.76 bits per heavy atom. The first kappa shape index (κ1) is 22.1. The Hall–Kier alpha value is -3.73. The normalized spacial score (nSPS) is 19.4. The number of nitrogens with zero attached hydrogens (tertiary/aromatic N) is 1. The quantitative estimate of drug-likeness (QED) is 0.537. The number of fused-ring (bicyclic) bond motifs is 2.